The van der Waals surface area contributed by atoms with E-state index in [1.807, 2.05) is 0 Å². The van der Waals surface area contributed by atoms with Gasteiger partial charge >= 0.3 is 0 Å². The van der Waals surface area contributed by atoms with Gasteiger partial charge in [-0.15, -0.1) is 6.58 Å². The summed E-state index contributed by atoms with van der Waals surface area (Å²) in [6, 6.07) is 0. The fourth-order valence-corrected chi connectivity index (χ4v) is 5.37. The van der Waals surface area contributed by atoms with E-state index in [-0.39, 0.29) is 5.92 Å². The number of allylic oxidation sites excluding steroid dienone is 1. The van der Waals surface area contributed by atoms with Crippen LogP contribution in [-0.2, 0) is 0 Å². The lowest BCUT2D eigenvalue weighted by Gasteiger charge is -2.40. The summed E-state index contributed by atoms with van der Waals surface area (Å²) in [5, 5.41) is 0. The van der Waals surface area contributed by atoms with Crippen molar-refractivity contribution in [3.05, 3.63) is 12.7 Å². The summed E-state index contributed by atoms with van der Waals surface area (Å²) in [7, 11) is 0. The van der Waals surface area contributed by atoms with Crippen molar-refractivity contribution >= 4 is 0 Å². The molecular formula is C22H38F2. The first kappa shape index (κ1) is 19.9. The molecule has 0 radical (unpaired) electrons. The van der Waals surface area contributed by atoms with Gasteiger partial charge in [-0.2, -0.15) is 0 Å². The minimum Gasteiger partial charge on any atom is -0.244 e. The van der Waals surface area contributed by atoms with Crippen LogP contribution in [0.1, 0.15) is 84.5 Å². The van der Waals surface area contributed by atoms with Gasteiger partial charge in [-0.25, -0.2) is 8.78 Å². The van der Waals surface area contributed by atoms with E-state index in [1.54, 1.807) is 0 Å². The number of hydrogen-bond acceptors (Lipinski definition) is 0. The molecule has 0 saturated heterocycles. The summed E-state index contributed by atoms with van der Waals surface area (Å²) in [6.07, 6.45) is 11.7. The van der Waals surface area contributed by atoms with Gasteiger partial charge in [0.15, 0.2) is 0 Å². The monoisotopic (exact) mass is 340 g/mol. The molecule has 5 atom stereocenters. The van der Waals surface area contributed by atoms with Gasteiger partial charge in [0.05, 0.1) is 0 Å². The predicted octanol–water partition coefficient (Wildman–Crippen LogP) is 7.29. The smallest absolute Gasteiger partial charge is 0.134 e. The molecule has 2 aliphatic rings. The molecule has 0 bridgehead atoms. The molecule has 0 N–H and O–H groups in total. The molecule has 2 fully saturated rings. The van der Waals surface area contributed by atoms with Gasteiger partial charge in [0, 0.05) is 0 Å². The van der Waals surface area contributed by atoms with E-state index in [0.29, 0.717) is 18.3 Å². The Morgan fingerprint density at radius 3 is 2.25 bits per heavy atom. The number of halogens is 2. The van der Waals surface area contributed by atoms with Crippen molar-refractivity contribution in [2.24, 2.45) is 29.6 Å². The molecule has 2 rings (SSSR count). The van der Waals surface area contributed by atoms with Gasteiger partial charge in [-0.1, -0.05) is 32.8 Å². The van der Waals surface area contributed by atoms with Gasteiger partial charge in [-0.05, 0) is 87.4 Å². The molecule has 0 heterocycles. The second kappa shape index (κ2) is 9.92. The fraction of sp³-hybridized carbons (Fsp3) is 0.909. The van der Waals surface area contributed by atoms with Crippen LogP contribution in [-0.4, -0.2) is 12.3 Å². The molecule has 0 amide bonds. The summed E-state index contributed by atoms with van der Waals surface area (Å²) in [4.78, 5) is 0. The topological polar surface area (TPSA) is 0 Å². The van der Waals surface area contributed by atoms with Crippen LogP contribution >= 0.6 is 0 Å². The first-order valence-electron chi connectivity index (χ1n) is 10.5. The number of hydrogen-bond donors (Lipinski definition) is 0. The highest BCUT2D eigenvalue weighted by molar-refractivity contribution is 4.89. The third kappa shape index (κ3) is 5.05. The van der Waals surface area contributed by atoms with E-state index in [0.717, 1.165) is 37.5 Å². The second-order valence-corrected chi connectivity index (χ2v) is 8.38. The van der Waals surface area contributed by atoms with Gasteiger partial charge < -0.3 is 0 Å². The van der Waals surface area contributed by atoms with E-state index in [1.165, 1.54) is 38.5 Å². The van der Waals surface area contributed by atoms with Crippen molar-refractivity contribution in [3.8, 4) is 0 Å². The van der Waals surface area contributed by atoms with Crippen LogP contribution in [0.5, 0.6) is 0 Å². The van der Waals surface area contributed by atoms with Gasteiger partial charge in [0.25, 0.3) is 0 Å². The zero-order chi connectivity index (χ0) is 17.5. The van der Waals surface area contributed by atoms with Crippen LogP contribution in [0.2, 0.25) is 0 Å². The van der Waals surface area contributed by atoms with Crippen molar-refractivity contribution in [3.63, 3.8) is 0 Å². The standard InChI is InChI=1S/C22H38F2/c1-4-16(5-2)10-11-17(6-3)18-12-14-19(15-13-18)20-8-7-9-21(23)22(20)24/h4,16-22H,1,5-15H2,2-3H3. The lowest BCUT2D eigenvalue weighted by molar-refractivity contribution is 0.0172. The largest absolute Gasteiger partial charge is 0.244 e. The maximum Gasteiger partial charge on any atom is 0.134 e. The molecule has 140 valence electrons. The molecule has 0 nitrogen and oxygen atoms in total. The fourth-order valence-electron chi connectivity index (χ4n) is 5.37. The molecule has 0 aromatic heterocycles. The Morgan fingerprint density at radius 1 is 0.958 bits per heavy atom. The third-order valence-electron chi connectivity index (χ3n) is 7.15. The third-order valence-corrected chi connectivity index (χ3v) is 7.15. The highest BCUT2D eigenvalue weighted by Gasteiger charge is 2.40. The highest BCUT2D eigenvalue weighted by atomic mass is 19.2. The molecule has 2 heteroatoms. The average Bonchev–Trinajstić information content (AvgIpc) is 2.62. The lowest BCUT2D eigenvalue weighted by Crippen LogP contribution is -2.38. The minimum absolute atomic E-state index is 0.0000131. The molecule has 0 aliphatic heterocycles. The van der Waals surface area contributed by atoms with Gasteiger partial charge in [0.1, 0.15) is 12.3 Å². The first-order valence-corrected chi connectivity index (χ1v) is 10.5. The maximum absolute atomic E-state index is 14.3. The van der Waals surface area contributed by atoms with Crippen LogP contribution in [0.4, 0.5) is 8.78 Å². The van der Waals surface area contributed by atoms with Crippen molar-refractivity contribution in [2.45, 2.75) is 96.8 Å². The predicted molar refractivity (Wildman–Crippen MR) is 99.6 cm³/mol. The Kier molecular flexibility index (Phi) is 8.23. The average molecular weight is 341 g/mol. The van der Waals surface area contributed by atoms with Gasteiger partial charge in [0.2, 0.25) is 0 Å². The zero-order valence-electron chi connectivity index (χ0n) is 15.9. The van der Waals surface area contributed by atoms with Gasteiger partial charge in [-0.3, -0.25) is 0 Å². The van der Waals surface area contributed by atoms with Crippen molar-refractivity contribution in [2.75, 3.05) is 0 Å². The molecule has 0 spiro atoms. The Hall–Kier alpha value is -0.400. The zero-order valence-corrected chi connectivity index (χ0v) is 15.9. The summed E-state index contributed by atoms with van der Waals surface area (Å²) in [5.41, 5.74) is 0. The van der Waals surface area contributed by atoms with Crippen molar-refractivity contribution in [1.82, 2.24) is 0 Å². The normalized spacial score (nSPS) is 36.9. The molecule has 2 aliphatic carbocycles. The summed E-state index contributed by atoms with van der Waals surface area (Å²) >= 11 is 0. The number of alkyl halides is 2. The summed E-state index contributed by atoms with van der Waals surface area (Å²) in [6.45, 7) is 8.52. The molecular weight excluding hydrogens is 302 g/mol. The van der Waals surface area contributed by atoms with E-state index in [4.69, 9.17) is 0 Å². The summed E-state index contributed by atoms with van der Waals surface area (Å²) in [5.74, 6) is 2.70. The van der Waals surface area contributed by atoms with E-state index in [2.05, 4.69) is 26.5 Å². The van der Waals surface area contributed by atoms with Crippen molar-refractivity contribution in [1.29, 1.82) is 0 Å². The van der Waals surface area contributed by atoms with Crippen molar-refractivity contribution < 1.29 is 8.78 Å². The number of rotatable bonds is 8. The Balaban J connectivity index is 1.81. The molecule has 5 unspecified atom stereocenters. The van der Waals surface area contributed by atoms with E-state index >= 15 is 0 Å². The Labute approximate surface area is 148 Å². The van der Waals surface area contributed by atoms with E-state index in [9.17, 15) is 8.78 Å². The minimum atomic E-state index is -1.20. The molecule has 2 saturated carbocycles. The van der Waals surface area contributed by atoms with Crippen LogP contribution < -0.4 is 0 Å². The molecule has 24 heavy (non-hydrogen) atoms. The maximum atomic E-state index is 14.3. The van der Waals surface area contributed by atoms with Crippen LogP contribution in [0.15, 0.2) is 12.7 Å². The molecule has 0 aromatic carbocycles. The van der Waals surface area contributed by atoms with Crippen LogP contribution in [0, 0.1) is 29.6 Å². The molecule has 0 aromatic rings. The summed E-state index contributed by atoms with van der Waals surface area (Å²) < 4.78 is 28.0. The van der Waals surface area contributed by atoms with Crippen LogP contribution in [0.3, 0.4) is 0 Å². The Bertz CT molecular complexity index is 359. The Morgan fingerprint density at radius 2 is 1.67 bits per heavy atom. The first-order chi connectivity index (χ1) is 11.6. The quantitative estimate of drug-likeness (QED) is 0.407. The van der Waals surface area contributed by atoms with E-state index < -0.39 is 12.3 Å². The lowest BCUT2D eigenvalue weighted by atomic mass is 9.67. The SMILES string of the molecule is C=CC(CC)CCC(CC)C1CCC(C2CCCC(F)C2F)CC1. The second-order valence-electron chi connectivity index (χ2n) is 8.38. The van der Waals surface area contributed by atoms with Crippen LogP contribution in [0.25, 0.3) is 0 Å². The highest BCUT2D eigenvalue weighted by Crippen LogP contribution is 2.44.